The van der Waals surface area contributed by atoms with E-state index in [9.17, 15) is 4.79 Å². The summed E-state index contributed by atoms with van der Waals surface area (Å²) >= 11 is 0. The van der Waals surface area contributed by atoms with Gasteiger partial charge in [-0.2, -0.15) is 0 Å². The van der Waals surface area contributed by atoms with Crippen LogP contribution in [0.3, 0.4) is 0 Å². The van der Waals surface area contributed by atoms with Gasteiger partial charge in [-0.1, -0.05) is 43.7 Å². The highest BCUT2D eigenvalue weighted by molar-refractivity contribution is 5.83. The molecule has 0 radical (unpaired) electrons. The summed E-state index contributed by atoms with van der Waals surface area (Å²) in [7, 11) is 0. The maximum atomic E-state index is 11.4. The highest BCUT2D eigenvalue weighted by Gasteiger charge is 2.28. The van der Waals surface area contributed by atoms with Gasteiger partial charge in [-0.15, -0.1) is 0 Å². The lowest BCUT2D eigenvalue weighted by Crippen LogP contribution is -2.01. The third-order valence-corrected chi connectivity index (χ3v) is 2.81. The largest absolute Gasteiger partial charge is 0.299 e. The smallest absolute Gasteiger partial charge is 0.136 e. The molecule has 2 rings (SSSR count). The van der Waals surface area contributed by atoms with Crippen molar-refractivity contribution in [2.24, 2.45) is 5.92 Å². The lowest BCUT2D eigenvalue weighted by Gasteiger charge is -2.00. The van der Waals surface area contributed by atoms with Crippen LogP contribution in [0.4, 0.5) is 0 Å². The molecule has 1 fully saturated rings. The number of carbonyl (C=O) groups is 1. The fourth-order valence-electron chi connectivity index (χ4n) is 1.63. The quantitative estimate of drug-likeness (QED) is 0.748. The lowest BCUT2D eigenvalue weighted by atomic mass is 10.0. The van der Waals surface area contributed by atoms with Gasteiger partial charge in [-0.25, -0.2) is 0 Å². The molecule has 1 nitrogen and oxygen atoms in total. The second-order valence-corrected chi connectivity index (χ2v) is 4.23. The van der Waals surface area contributed by atoms with Crippen LogP contribution in [0, 0.1) is 12.8 Å². The summed E-state index contributed by atoms with van der Waals surface area (Å²) in [4.78, 5) is 11.4. The summed E-state index contributed by atoms with van der Waals surface area (Å²) in [5.41, 5.74) is 2.56. The lowest BCUT2D eigenvalue weighted by molar-refractivity contribution is -0.120. The summed E-state index contributed by atoms with van der Waals surface area (Å²) in [5.74, 6) is 0.881. The van der Waals surface area contributed by atoms with E-state index in [1.165, 1.54) is 11.1 Å². The fraction of sp³-hybridized carbons (Fsp3) is 0.533. The third kappa shape index (κ3) is 4.18. The first kappa shape index (κ1) is 13.0. The van der Waals surface area contributed by atoms with Crippen molar-refractivity contribution in [2.45, 2.75) is 46.5 Å². The van der Waals surface area contributed by atoms with Crippen LogP contribution in [0.5, 0.6) is 0 Å². The van der Waals surface area contributed by atoms with Crippen LogP contribution in [0.1, 0.15) is 44.2 Å². The Labute approximate surface area is 98.9 Å². The fourth-order valence-corrected chi connectivity index (χ4v) is 1.63. The number of carbonyl (C=O) groups excluding carboxylic acids is 1. The minimum absolute atomic E-state index is 0.417. The second kappa shape index (κ2) is 6.47. The Bertz CT molecular complexity index is 320. The van der Waals surface area contributed by atoms with Crippen molar-refractivity contribution in [3.05, 3.63) is 35.4 Å². The van der Waals surface area contributed by atoms with E-state index in [1.54, 1.807) is 0 Å². The van der Waals surface area contributed by atoms with Gasteiger partial charge in [0.05, 0.1) is 0 Å². The molecule has 0 unspecified atom stereocenters. The van der Waals surface area contributed by atoms with Crippen molar-refractivity contribution < 1.29 is 4.79 Å². The Morgan fingerprint density at radius 1 is 1.19 bits per heavy atom. The molecule has 0 saturated heterocycles. The van der Waals surface area contributed by atoms with Gasteiger partial charge < -0.3 is 0 Å². The Hall–Kier alpha value is -1.11. The van der Waals surface area contributed by atoms with E-state index in [0.717, 1.165) is 25.7 Å². The van der Waals surface area contributed by atoms with Crippen LogP contribution >= 0.6 is 0 Å². The van der Waals surface area contributed by atoms with Crippen molar-refractivity contribution in [3.8, 4) is 0 Å². The Morgan fingerprint density at radius 2 is 1.75 bits per heavy atom. The standard InChI is InChI=1S/C13H16O.C2H6/c1-10-2-4-11(5-3-10)6-9-13(14)12-7-8-12;1-2/h2-5,12H,6-9H2,1H3;1-2H3. The first-order valence-corrected chi connectivity index (χ1v) is 6.34. The minimum Gasteiger partial charge on any atom is -0.299 e. The van der Waals surface area contributed by atoms with E-state index in [0.29, 0.717) is 11.7 Å². The molecule has 1 aliphatic rings. The zero-order valence-corrected chi connectivity index (χ0v) is 10.6. The van der Waals surface area contributed by atoms with Gasteiger partial charge in [0.2, 0.25) is 0 Å². The van der Waals surface area contributed by atoms with E-state index in [1.807, 2.05) is 13.8 Å². The van der Waals surface area contributed by atoms with Crippen LogP contribution in [0.2, 0.25) is 0 Å². The number of Topliss-reactive ketones (excluding diaryl/α,β-unsaturated/α-hetero) is 1. The highest BCUT2D eigenvalue weighted by atomic mass is 16.1. The molecule has 1 saturated carbocycles. The first-order valence-electron chi connectivity index (χ1n) is 6.34. The Morgan fingerprint density at radius 3 is 2.25 bits per heavy atom. The van der Waals surface area contributed by atoms with Crippen LogP contribution in [-0.4, -0.2) is 5.78 Å². The molecule has 16 heavy (non-hydrogen) atoms. The molecule has 0 atom stereocenters. The van der Waals surface area contributed by atoms with Crippen molar-refractivity contribution in [1.29, 1.82) is 0 Å². The van der Waals surface area contributed by atoms with E-state index >= 15 is 0 Å². The molecule has 0 spiro atoms. The van der Waals surface area contributed by atoms with E-state index < -0.39 is 0 Å². The molecule has 88 valence electrons. The zero-order valence-electron chi connectivity index (χ0n) is 10.6. The average molecular weight is 218 g/mol. The van der Waals surface area contributed by atoms with Gasteiger partial charge in [0.1, 0.15) is 5.78 Å². The van der Waals surface area contributed by atoms with Crippen molar-refractivity contribution in [1.82, 2.24) is 0 Å². The molecule has 0 amide bonds. The number of hydrogen-bond donors (Lipinski definition) is 0. The number of hydrogen-bond acceptors (Lipinski definition) is 1. The molecule has 1 heteroatoms. The summed E-state index contributed by atoms with van der Waals surface area (Å²) in [6.07, 6.45) is 3.91. The molecular weight excluding hydrogens is 196 g/mol. The normalized spacial score (nSPS) is 13.9. The molecular formula is C15H22O. The third-order valence-electron chi connectivity index (χ3n) is 2.81. The molecule has 1 aliphatic carbocycles. The van der Waals surface area contributed by atoms with E-state index in [-0.39, 0.29) is 0 Å². The van der Waals surface area contributed by atoms with Crippen LogP contribution in [-0.2, 0) is 11.2 Å². The molecule has 0 aromatic heterocycles. The van der Waals surface area contributed by atoms with Gasteiger partial charge in [0, 0.05) is 12.3 Å². The van der Waals surface area contributed by atoms with E-state index in [4.69, 9.17) is 0 Å². The maximum absolute atomic E-state index is 11.4. The number of rotatable bonds is 4. The zero-order chi connectivity index (χ0) is 12.0. The first-order chi connectivity index (χ1) is 7.75. The predicted octanol–water partition coefficient (Wildman–Crippen LogP) is 3.93. The van der Waals surface area contributed by atoms with E-state index in [2.05, 4.69) is 31.2 Å². The van der Waals surface area contributed by atoms with Crippen molar-refractivity contribution >= 4 is 5.78 Å². The molecule has 0 heterocycles. The van der Waals surface area contributed by atoms with Crippen molar-refractivity contribution in [2.75, 3.05) is 0 Å². The van der Waals surface area contributed by atoms with Gasteiger partial charge in [0.15, 0.2) is 0 Å². The molecule has 0 aliphatic heterocycles. The molecule has 0 bridgehead atoms. The Balaban J connectivity index is 0.000000606. The number of aryl methyl sites for hydroxylation is 2. The molecule has 1 aromatic rings. The molecule has 1 aromatic carbocycles. The number of benzene rings is 1. The summed E-state index contributed by atoms with van der Waals surface area (Å²) in [5, 5.41) is 0. The van der Waals surface area contributed by atoms with Crippen molar-refractivity contribution in [3.63, 3.8) is 0 Å². The van der Waals surface area contributed by atoms with Crippen LogP contribution in [0.25, 0.3) is 0 Å². The summed E-state index contributed by atoms with van der Waals surface area (Å²) in [6, 6.07) is 8.46. The topological polar surface area (TPSA) is 17.1 Å². The minimum atomic E-state index is 0.417. The monoisotopic (exact) mass is 218 g/mol. The van der Waals surface area contributed by atoms with Gasteiger partial charge in [-0.3, -0.25) is 4.79 Å². The summed E-state index contributed by atoms with van der Waals surface area (Å²) < 4.78 is 0. The molecule has 0 N–H and O–H groups in total. The van der Waals surface area contributed by atoms with Gasteiger partial charge in [0.25, 0.3) is 0 Å². The number of ketones is 1. The van der Waals surface area contributed by atoms with Gasteiger partial charge >= 0.3 is 0 Å². The van der Waals surface area contributed by atoms with Gasteiger partial charge in [-0.05, 0) is 31.7 Å². The second-order valence-electron chi connectivity index (χ2n) is 4.23. The average Bonchev–Trinajstić information content (AvgIpc) is 3.14. The SMILES string of the molecule is CC.Cc1ccc(CCC(=O)C2CC2)cc1. The van der Waals surface area contributed by atoms with Crippen LogP contribution in [0.15, 0.2) is 24.3 Å². The highest BCUT2D eigenvalue weighted by Crippen LogP contribution is 2.31. The predicted molar refractivity (Wildman–Crippen MR) is 68.6 cm³/mol. The maximum Gasteiger partial charge on any atom is 0.136 e. The Kier molecular flexibility index (Phi) is 5.24. The van der Waals surface area contributed by atoms with Crippen LogP contribution < -0.4 is 0 Å². The summed E-state index contributed by atoms with van der Waals surface area (Å²) in [6.45, 7) is 6.08.